The van der Waals surface area contributed by atoms with Crippen LogP contribution in [0.5, 0.6) is 5.75 Å². The number of aryl methyl sites for hydroxylation is 1. The number of esters is 1. The van der Waals surface area contributed by atoms with E-state index in [0.717, 1.165) is 0 Å². The lowest BCUT2D eigenvalue weighted by Gasteiger charge is -2.09. The van der Waals surface area contributed by atoms with Crippen molar-refractivity contribution >= 4 is 17.3 Å². The van der Waals surface area contributed by atoms with E-state index in [1.807, 2.05) is 6.07 Å². The van der Waals surface area contributed by atoms with Crippen molar-refractivity contribution in [3.63, 3.8) is 0 Å². The molecule has 1 aromatic carbocycles. The molecule has 126 valence electrons. The largest absolute Gasteiger partial charge is 0.493 e. The summed E-state index contributed by atoms with van der Waals surface area (Å²) in [7, 11) is 0. The number of ether oxygens (including phenoxy) is 2. The van der Waals surface area contributed by atoms with Crippen molar-refractivity contribution in [1.29, 1.82) is 5.26 Å². The van der Waals surface area contributed by atoms with Crippen LogP contribution in [0.3, 0.4) is 0 Å². The maximum atomic E-state index is 11.9. The van der Waals surface area contributed by atoms with Gasteiger partial charge in [-0.3, -0.25) is 0 Å². The Morgan fingerprint density at radius 3 is 2.79 bits per heavy atom. The zero-order chi connectivity index (χ0) is 17.7. The first-order chi connectivity index (χ1) is 11.5. The van der Waals surface area contributed by atoms with Gasteiger partial charge in [0.15, 0.2) is 0 Å². The number of rotatable bonds is 6. The first kappa shape index (κ1) is 18.0. The molecule has 0 saturated heterocycles. The highest BCUT2D eigenvalue weighted by Gasteiger charge is 2.19. The highest BCUT2D eigenvalue weighted by molar-refractivity contribution is 7.17. The SMILES string of the molecule is CCOC(=O)c1sc(-c2ccc(OCC(C)C)cc2C#N)nc1C. The maximum Gasteiger partial charge on any atom is 0.350 e. The van der Waals surface area contributed by atoms with Crippen molar-refractivity contribution in [3.05, 3.63) is 34.3 Å². The van der Waals surface area contributed by atoms with Crippen LogP contribution in [0.25, 0.3) is 10.6 Å². The Kier molecular flexibility index (Phi) is 5.93. The quantitative estimate of drug-likeness (QED) is 0.734. The summed E-state index contributed by atoms with van der Waals surface area (Å²) in [5.74, 6) is 0.681. The average Bonchev–Trinajstić information content (AvgIpc) is 2.94. The topological polar surface area (TPSA) is 72.2 Å². The summed E-state index contributed by atoms with van der Waals surface area (Å²) in [6.07, 6.45) is 0. The molecule has 0 spiro atoms. The number of carbonyl (C=O) groups is 1. The molecule has 0 bridgehead atoms. The Balaban J connectivity index is 2.34. The second kappa shape index (κ2) is 7.93. The van der Waals surface area contributed by atoms with Crippen molar-refractivity contribution in [2.24, 2.45) is 5.92 Å². The fourth-order valence-electron chi connectivity index (χ4n) is 2.05. The van der Waals surface area contributed by atoms with Gasteiger partial charge in [0.05, 0.1) is 24.5 Å². The lowest BCUT2D eigenvalue weighted by molar-refractivity contribution is 0.0531. The number of hydrogen-bond donors (Lipinski definition) is 0. The molecule has 0 fully saturated rings. The molecule has 2 rings (SSSR count). The molecule has 1 heterocycles. The second-order valence-electron chi connectivity index (χ2n) is 5.68. The monoisotopic (exact) mass is 344 g/mol. The van der Waals surface area contributed by atoms with Gasteiger partial charge >= 0.3 is 5.97 Å². The lowest BCUT2D eigenvalue weighted by atomic mass is 10.1. The molecule has 0 N–H and O–H groups in total. The number of nitrogens with zero attached hydrogens (tertiary/aromatic N) is 2. The molecule has 24 heavy (non-hydrogen) atoms. The molecular formula is C18H20N2O3S. The third-order valence-electron chi connectivity index (χ3n) is 3.18. The smallest absolute Gasteiger partial charge is 0.350 e. The minimum atomic E-state index is -0.380. The van der Waals surface area contributed by atoms with E-state index in [0.29, 0.717) is 51.6 Å². The number of thiazole rings is 1. The van der Waals surface area contributed by atoms with Crippen LogP contribution in [0.2, 0.25) is 0 Å². The van der Waals surface area contributed by atoms with Crippen LogP contribution in [0.15, 0.2) is 18.2 Å². The van der Waals surface area contributed by atoms with Crippen molar-refractivity contribution in [2.75, 3.05) is 13.2 Å². The fraction of sp³-hybridized carbons (Fsp3) is 0.389. The summed E-state index contributed by atoms with van der Waals surface area (Å²) in [5.41, 5.74) is 1.77. The molecule has 0 amide bonds. The molecule has 0 aliphatic heterocycles. The molecule has 5 nitrogen and oxygen atoms in total. The van der Waals surface area contributed by atoms with E-state index in [-0.39, 0.29) is 5.97 Å². The third-order valence-corrected chi connectivity index (χ3v) is 4.35. The molecule has 1 aromatic heterocycles. The highest BCUT2D eigenvalue weighted by Crippen LogP contribution is 2.32. The van der Waals surface area contributed by atoms with E-state index < -0.39 is 0 Å². The standard InChI is InChI=1S/C18H20N2O3S/c1-5-22-18(21)16-12(4)20-17(24-16)15-7-6-14(8-13(15)9-19)23-10-11(2)3/h6-8,11H,5,10H2,1-4H3. The van der Waals surface area contributed by atoms with Crippen LogP contribution in [0, 0.1) is 24.2 Å². The lowest BCUT2D eigenvalue weighted by Crippen LogP contribution is -2.04. The van der Waals surface area contributed by atoms with Gasteiger partial charge in [-0.05, 0) is 38.0 Å². The predicted molar refractivity (Wildman–Crippen MR) is 93.3 cm³/mol. The van der Waals surface area contributed by atoms with Crippen LogP contribution in [0.4, 0.5) is 0 Å². The summed E-state index contributed by atoms with van der Waals surface area (Å²) in [6, 6.07) is 7.51. The molecule has 0 radical (unpaired) electrons. The van der Waals surface area contributed by atoms with Crippen LogP contribution in [0.1, 0.15) is 41.7 Å². The Morgan fingerprint density at radius 1 is 1.42 bits per heavy atom. The van der Waals surface area contributed by atoms with Crippen molar-refractivity contribution in [3.8, 4) is 22.4 Å². The third kappa shape index (κ3) is 4.12. The molecule has 0 atom stereocenters. The summed E-state index contributed by atoms with van der Waals surface area (Å²) in [6.45, 7) is 8.56. The molecule has 2 aromatic rings. The fourth-order valence-corrected chi connectivity index (χ4v) is 3.05. The van der Waals surface area contributed by atoms with Gasteiger partial charge in [-0.25, -0.2) is 9.78 Å². The van der Waals surface area contributed by atoms with Crippen LogP contribution >= 0.6 is 11.3 Å². The van der Waals surface area contributed by atoms with Crippen molar-refractivity contribution in [1.82, 2.24) is 4.98 Å². The van der Waals surface area contributed by atoms with E-state index in [4.69, 9.17) is 9.47 Å². The number of aromatic nitrogens is 1. The van der Waals surface area contributed by atoms with Crippen molar-refractivity contribution in [2.45, 2.75) is 27.7 Å². The van der Waals surface area contributed by atoms with Gasteiger partial charge in [0.25, 0.3) is 0 Å². The average molecular weight is 344 g/mol. The Labute approximate surface area is 145 Å². The van der Waals surface area contributed by atoms with Gasteiger partial charge in [-0.1, -0.05) is 13.8 Å². The Hall–Kier alpha value is -2.39. The van der Waals surface area contributed by atoms with Gasteiger partial charge in [-0.15, -0.1) is 11.3 Å². The molecule has 0 saturated carbocycles. The molecule has 0 unspecified atom stereocenters. The predicted octanol–water partition coefficient (Wildman–Crippen LogP) is 4.20. The normalized spacial score (nSPS) is 10.5. The van der Waals surface area contributed by atoms with E-state index in [1.54, 1.807) is 26.0 Å². The Bertz CT molecular complexity index is 775. The molecule has 6 heteroatoms. The second-order valence-corrected chi connectivity index (χ2v) is 6.68. The van der Waals surface area contributed by atoms with Gasteiger partial charge in [0, 0.05) is 5.56 Å². The van der Waals surface area contributed by atoms with Gasteiger partial charge < -0.3 is 9.47 Å². The van der Waals surface area contributed by atoms with Gasteiger partial charge in [0.1, 0.15) is 21.7 Å². The highest BCUT2D eigenvalue weighted by atomic mass is 32.1. The van der Waals surface area contributed by atoms with E-state index in [9.17, 15) is 10.1 Å². The first-order valence-electron chi connectivity index (χ1n) is 7.78. The number of hydrogen-bond acceptors (Lipinski definition) is 6. The summed E-state index contributed by atoms with van der Waals surface area (Å²) in [4.78, 5) is 16.8. The minimum absolute atomic E-state index is 0.316. The summed E-state index contributed by atoms with van der Waals surface area (Å²) in [5, 5.41) is 10.1. The van der Waals surface area contributed by atoms with E-state index in [2.05, 4.69) is 24.9 Å². The van der Waals surface area contributed by atoms with E-state index >= 15 is 0 Å². The van der Waals surface area contributed by atoms with Crippen LogP contribution in [-0.2, 0) is 4.74 Å². The molecule has 0 aliphatic rings. The first-order valence-corrected chi connectivity index (χ1v) is 8.59. The molecule has 0 aliphatic carbocycles. The Morgan fingerprint density at radius 2 is 2.17 bits per heavy atom. The number of nitriles is 1. The van der Waals surface area contributed by atoms with Crippen molar-refractivity contribution < 1.29 is 14.3 Å². The maximum absolute atomic E-state index is 11.9. The summed E-state index contributed by atoms with van der Waals surface area (Å²) >= 11 is 1.24. The van der Waals surface area contributed by atoms with Gasteiger partial charge in [0.2, 0.25) is 0 Å². The zero-order valence-electron chi connectivity index (χ0n) is 14.3. The minimum Gasteiger partial charge on any atom is -0.493 e. The summed E-state index contributed by atoms with van der Waals surface area (Å²) < 4.78 is 10.7. The van der Waals surface area contributed by atoms with Gasteiger partial charge in [-0.2, -0.15) is 5.26 Å². The van der Waals surface area contributed by atoms with Crippen LogP contribution < -0.4 is 4.74 Å². The zero-order valence-corrected chi connectivity index (χ0v) is 15.1. The number of carbonyl (C=O) groups excluding carboxylic acids is 1. The van der Waals surface area contributed by atoms with Crippen LogP contribution in [-0.4, -0.2) is 24.2 Å². The van der Waals surface area contributed by atoms with E-state index in [1.165, 1.54) is 11.3 Å². The molecular weight excluding hydrogens is 324 g/mol. The number of benzene rings is 1.